The molecule has 0 spiro atoms. The third-order valence-corrected chi connectivity index (χ3v) is 6.30. The van der Waals surface area contributed by atoms with Crippen molar-refractivity contribution in [2.24, 2.45) is 0 Å². The lowest BCUT2D eigenvalue weighted by Crippen LogP contribution is -2.29. The van der Waals surface area contributed by atoms with Crippen LogP contribution in [-0.4, -0.2) is 36.8 Å². The average molecular weight is 395 g/mol. The van der Waals surface area contributed by atoms with Gasteiger partial charge in [-0.05, 0) is 42.7 Å². The van der Waals surface area contributed by atoms with Gasteiger partial charge < -0.3 is 10.6 Å². The van der Waals surface area contributed by atoms with Gasteiger partial charge in [-0.3, -0.25) is 0 Å². The van der Waals surface area contributed by atoms with E-state index in [0.29, 0.717) is 18.8 Å². The predicted octanol–water partition coefficient (Wildman–Crippen LogP) is 2.84. The minimum atomic E-state index is -3.42. The van der Waals surface area contributed by atoms with Crippen molar-refractivity contribution < 1.29 is 13.2 Å². The van der Waals surface area contributed by atoms with E-state index in [-0.39, 0.29) is 16.6 Å². The Morgan fingerprint density at radius 3 is 2.50 bits per heavy atom. The van der Waals surface area contributed by atoms with Gasteiger partial charge in [-0.25, -0.2) is 18.2 Å². The van der Waals surface area contributed by atoms with Crippen molar-refractivity contribution in [1.29, 1.82) is 0 Å². The summed E-state index contributed by atoms with van der Waals surface area (Å²) in [6, 6.07) is 9.42. The normalized spacial score (nSPS) is 15.0. The van der Waals surface area contributed by atoms with E-state index in [1.54, 1.807) is 36.4 Å². The van der Waals surface area contributed by atoms with Crippen LogP contribution >= 0.6 is 11.6 Å². The molecule has 7 nitrogen and oxygen atoms in total. The van der Waals surface area contributed by atoms with Crippen LogP contribution in [0.2, 0.25) is 5.15 Å². The largest absolute Gasteiger partial charge is 0.334 e. The van der Waals surface area contributed by atoms with Crippen molar-refractivity contribution in [2.45, 2.75) is 24.3 Å². The number of hydrogen-bond acceptors (Lipinski definition) is 4. The number of rotatable bonds is 5. The second-order valence-electron chi connectivity index (χ2n) is 5.90. The fraction of sp³-hybridized carbons (Fsp3) is 0.294. The summed E-state index contributed by atoms with van der Waals surface area (Å²) in [6.07, 6.45) is 3.33. The number of carbonyl (C=O) groups excluding carboxylic acids is 1. The van der Waals surface area contributed by atoms with Gasteiger partial charge in [0.15, 0.2) is 5.15 Å². The highest BCUT2D eigenvalue weighted by Crippen LogP contribution is 2.21. The number of nitrogens with zero attached hydrogens (tertiary/aromatic N) is 2. The van der Waals surface area contributed by atoms with Gasteiger partial charge in [0.05, 0.1) is 10.6 Å². The van der Waals surface area contributed by atoms with Crippen LogP contribution in [0.25, 0.3) is 0 Å². The van der Waals surface area contributed by atoms with Gasteiger partial charge in [-0.15, -0.1) is 0 Å². The van der Waals surface area contributed by atoms with Gasteiger partial charge in [0, 0.05) is 25.8 Å². The van der Waals surface area contributed by atoms with Crippen molar-refractivity contribution >= 4 is 33.3 Å². The Kier molecular flexibility index (Phi) is 5.75. The molecular weight excluding hydrogens is 376 g/mol. The number of amides is 2. The lowest BCUT2D eigenvalue weighted by atomic mass is 10.2. The molecule has 1 aliphatic rings. The third-order valence-electron chi connectivity index (χ3n) is 4.09. The van der Waals surface area contributed by atoms with E-state index < -0.39 is 16.1 Å². The molecule has 0 bridgehead atoms. The molecule has 0 saturated carbocycles. The number of pyridine rings is 1. The zero-order chi connectivity index (χ0) is 18.6. The fourth-order valence-electron chi connectivity index (χ4n) is 2.68. The Bertz CT molecular complexity index is 881. The topological polar surface area (TPSA) is 91.4 Å². The van der Waals surface area contributed by atoms with Crippen LogP contribution in [0.3, 0.4) is 0 Å². The van der Waals surface area contributed by atoms with Gasteiger partial charge in [-0.1, -0.05) is 23.7 Å². The van der Waals surface area contributed by atoms with Crippen LogP contribution in [0.5, 0.6) is 0 Å². The Labute approximate surface area is 157 Å². The number of hydrogen-bond donors (Lipinski definition) is 2. The first-order chi connectivity index (χ1) is 12.5. The van der Waals surface area contributed by atoms with Crippen molar-refractivity contribution in [1.82, 2.24) is 14.6 Å². The van der Waals surface area contributed by atoms with Gasteiger partial charge in [0.1, 0.15) is 0 Å². The summed E-state index contributed by atoms with van der Waals surface area (Å²) < 4.78 is 26.5. The van der Waals surface area contributed by atoms with Crippen LogP contribution in [0.1, 0.15) is 18.4 Å². The molecule has 1 aromatic heterocycles. The summed E-state index contributed by atoms with van der Waals surface area (Å²) in [7, 11) is -3.42. The average Bonchev–Trinajstić information content (AvgIpc) is 3.18. The number of halogens is 1. The van der Waals surface area contributed by atoms with Gasteiger partial charge >= 0.3 is 6.03 Å². The Morgan fingerprint density at radius 1 is 1.15 bits per heavy atom. The Balaban J connectivity index is 1.57. The Hall–Kier alpha value is -2.16. The van der Waals surface area contributed by atoms with E-state index >= 15 is 0 Å². The first kappa shape index (κ1) is 18.6. The molecule has 1 saturated heterocycles. The van der Waals surface area contributed by atoms with E-state index in [1.807, 2.05) is 0 Å². The highest BCUT2D eigenvalue weighted by Gasteiger charge is 2.26. The fourth-order valence-corrected chi connectivity index (χ4v) is 4.37. The zero-order valence-corrected chi connectivity index (χ0v) is 15.6. The lowest BCUT2D eigenvalue weighted by Gasteiger charge is -2.15. The molecule has 0 radical (unpaired) electrons. The number of sulfonamides is 1. The van der Waals surface area contributed by atoms with Gasteiger partial charge in [0.2, 0.25) is 10.0 Å². The molecule has 26 heavy (non-hydrogen) atoms. The molecule has 2 aromatic rings. The zero-order valence-electron chi connectivity index (χ0n) is 14.0. The van der Waals surface area contributed by atoms with E-state index in [0.717, 1.165) is 18.4 Å². The number of carbonyl (C=O) groups is 1. The molecule has 2 amide bonds. The first-order valence-electron chi connectivity index (χ1n) is 8.21. The molecular formula is C17H19ClN4O3S. The van der Waals surface area contributed by atoms with E-state index in [2.05, 4.69) is 15.6 Å². The standard InChI is InChI=1S/C17H19ClN4O3S/c18-16-15(4-3-9-19-16)21-17(23)20-12-13-5-7-14(8-6-13)26(24,25)22-10-1-2-11-22/h3-9H,1-2,10-12H2,(H2,20,21,23). The molecule has 0 atom stereocenters. The molecule has 3 rings (SSSR count). The quantitative estimate of drug-likeness (QED) is 0.763. The number of benzene rings is 1. The molecule has 1 fully saturated rings. The van der Waals surface area contributed by atoms with Crippen molar-refractivity contribution in [3.63, 3.8) is 0 Å². The second kappa shape index (κ2) is 8.03. The summed E-state index contributed by atoms with van der Waals surface area (Å²) >= 11 is 5.88. The maximum absolute atomic E-state index is 12.5. The summed E-state index contributed by atoms with van der Waals surface area (Å²) in [6.45, 7) is 1.40. The van der Waals surface area contributed by atoms with E-state index in [1.165, 1.54) is 10.5 Å². The lowest BCUT2D eigenvalue weighted by molar-refractivity contribution is 0.251. The van der Waals surface area contributed by atoms with Crippen molar-refractivity contribution in [2.75, 3.05) is 18.4 Å². The van der Waals surface area contributed by atoms with Crippen LogP contribution < -0.4 is 10.6 Å². The minimum Gasteiger partial charge on any atom is -0.334 e. The maximum Gasteiger partial charge on any atom is 0.319 e. The Morgan fingerprint density at radius 2 is 1.85 bits per heavy atom. The highest BCUT2D eigenvalue weighted by atomic mass is 35.5. The number of nitrogens with one attached hydrogen (secondary N) is 2. The van der Waals surface area contributed by atoms with Gasteiger partial charge in [-0.2, -0.15) is 4.31 Å². The molecule has 1 aromatic carbocycles. The van der Waals surface area contributed by atoms with Crippen LogP contribution in [0.15, 0.2) is 47.5 Å². The predicted molar refractivity (Wildman–Crippen MR) is 99.5 cm³/mol. The monoisotopic (exact) mass is 394 g/mol. The number of anilines is 1. The summed E-state index contributed by atoms with van der Waals surface area (Å²) in [4.78, 5) is 16.1. The van der Waals surface area contributed by atoms with Gasteiger partial charge in [0.25, 0.3) is 0 Å². The molecule has 2 N–H and O–H groups in total. The second-order valence-corrected chi connectivity index (χ2v) is 8.20. The number of aromatic nitrogens is 1. The molecule has 138 valence electrons. The van der Waals surface area contributed by atoms with Crippen LogP contribution in [0.4, 0.5) is 10.5 Å². The maximum atomic E-state index is 12.5. The third kappa shape index (κ3) is 4.32. The highest BCUT2D eigenvalue weighted by molar-refractivity contribution is 7.89. The van der Waals surface area contributed by atoms with Crippen molar-refractivity contribution in [3.8, 4) is 0 Å². The molecule has 0 aliphatic carbocycles. The smallest absolute Gasteiger partial charge is 0.319 e. The summed E-state index contributed by atoms with van der Waals surface area (Å²) in [5.41, 5.74) is 1.21. The van der Waals surface area contributed by atoms with Crippen LogP contribution in [-0.2, 0) is 16.6 Å². The molecule has 2 heterocycles. The minimum absolute atomic E-state index is 0.208. The van der Waals surface area contributed by atoms with Crippen LogP contribution in [0, 0.1) is 0 Å². The van der Waals surface area contributed by atoms with Crippen molar-refractivity contribution in [3.05, 3.63) is 53.3 Å². The number of urea groups is 1. The SMILES string of the molecule is O=C(NCc1ccc(S(=O)(=O)N2CCCC2)cc1)Nc1cccnc1Cl. The van der Waals surface area contributed by atoms with E-state index in [9.17, 15) is 13.2 Å². The molecule has 0 unspecified atom stereocenters. The molecule has 1 aliphatic heterocycles. The van der Waals surface area contributed by atoms with E-state index in [4.69, 9.17) is 11.6 Å². The summed E-state index contributed by atoms with van der Waals surface area (Å²) in [5, 5.41) is 5.51. The summed E-state index contributed by atoms with van der Waals surface area (Å²) in [5.74, 6) is 0. The molecule has 9 heteroatoms. The first-order valence-corrected chi connectivity index (χ1v) is 10.0.